The fourth-order valence-corrected chi connectivity index (χ4v) is 1.92. The first-order valence-electron chi connectivity index (χ1n) is 6.58. The van der Waals surface area contributed by atoms with Crippen molar-refractivity contribution in [2.45, 2.75) is 25.8 Å². The van der Waals surface area contributed by atoms with E-state index in [2.05, 4.69) is 5.32 Å². The van der Waals surface area contributed by atoms with Crippen molar-refractivity contribution in [3.63, 3.8) is 0 Å². The van der Waals surface area contributed by atoms with E-state index in [4.69, 9.17) is 4.42 Å². The largest absolute Gasteiger partial charge is 0.467 e. The average Bonchev–Trinajstić information content (AvgIpc) is 3.00. The third-order valence-corrected chi connectivity index (χ3v) is 3.02. The summed E-state index contributed by atoms with van der Waals surface area (Å²) in [5.74, 6) is 0.525. The highest BCUT2D eigenvalue weighted by molar-refractivity contribution is 5.97. The lowest BCUT2D eigenvalue weighted by atomic mass is 10.1. The molecule has 1 aromatic heterocycles. The number of hydrogen-bond acceptors (Lipinski definition) is 3. The lowest BCUT2D eigenvalue weighted by Gasteiger charge is -2.11. The Kier molecular flexibility index (Phi) is 4.71. The van der Waals surface area contributed by atoms with E-state index >= 15 is 0 Å². The number of ketones is 1. The molecule has 20 heavy (non-hydrogen) atoms. The van der Waals surface area contributed by atoms with Crippen LogP contribution >= 0.6 is 0 Å². The fraction of sp³-hybridized carbons (Fsp3) is 0.250. The van der Waals surface area contributed by atoms with Gasteiger partial charge in [0.1, 0.15) is 5.76 Å². The number of carbonyl (C=O) groups excluding carboxylic acids is 2. The van der Waals surface area contributed by atoms with Crippen molar-refractivity contribution in [2.75, 3.05) is 0 Å². The molecule has 2 rings (SSSR count). The average molecular weight is 271 g/mol. The van der Waals surface area contributed by atoms with Crippen molar-refractivity contribution in [3.8, 4) is 0 Å². The maximum atomic E-state index is 11.9. The van der Waals surface area contributed by atoms with Gasteiger partial charge in [0.15, 0.2) is 5.78 Å². The minimum Gasteiger partial charge on any atom is -0.467 e. The Bertz CT molecular complexity index is 561. The molecule has 1 atom stereocenters. The fourth-order valence-electron chi connectivity index (χ4n) is 1.92. The van der Waals surface area contributed by atoms with Crippen LogP contribution < -0.4 is 5.32 Å². The lowest BCUT2D eigenvalue weighted by molar-refractivity contribution is -0.121. The SMILES string of the molecule is C[C@@H](NC(=O)CCC(=O)c1ccccc1)c1ccco1. The van der Waals surface area contributed by atoms with Crippen LogP contribution in [0.5, 0.6) is 0 Å². The van der Waals surface area contributed by atoms with Crippen molar-refractivity contribution in [2.24, 2.45) is 0 Å². The van der Waals surface area contributed by atoms with Gasteiger partial charge in [-0.3, -0.25) is 9.59 Å². The van der Waals surface area contributed by atoms with Gasteiger partial charge < -0.3 is 9.73 Å². The molecule has 0 aliphatic carbocycles. The monoisotopic (exact) mass is 271 g/mol. The van der Waals surface area contributed by atoms with Gasteiger partial charge >= 0.3 is 0 Å². The zero-order valence-electron chi connectivity index (χ0n) is 11.3. The predicted molar refractivity (Wildman–Crippen MR) is 75.3 cm³/mol. The van der Waals surface area contributed by atoms with Gasteiger partial charge in [-0.25, -0.2) is 0 Å². The van der Waals surface area contributed by atoms with Gasteiger partial charge in [-0.05, 0) is 19.1 Å². The summed E-state index contributed by atoms with van der Waals surface area (Å²) in [5.41, 5.74) is 0.638. The number of Topliss-reactive ketones (excluding diaryl/α,β-unsaturated/α-hetero) is 1. The van der Waals surface area contributed by atoms with E-state index in [1.807, 2.05) is 25.1 Å². The molecule has 104 valence electrons. The Morgan fingerprint density at radius 3 is 2.50 bits per heavy atom. The Morgan fingerprint density at radius 1 is 1.10 bits per heavy atom. The second-order valence-corrected chi connectivity index (χ2v) is 4.59. The molecule has 4 heteroatoms. The van der Waals surface area contributed by atoms with Gasteiger partial charge in [-0.1, -0.05) is 30.3 Å². The molecule has 4 nitrogen and oxygen atoms in total. The quantitative estimate of drug-likeness (QED) is 0.821. The smallest absolute Gasteiger partial charge is 0.221 e. The highest BCUT2D eigenvalue weighted by Gasteiger charge is 2.13. The zero-order valence-corrected chi connectivity index (χ0v) is 11.3. The van der Waals surface area contributed by atoms with Crippen LogP contribution in [0.4, 0.5) is 0 Å². The van der Waals surface area contributed by atoms with Crippen molar-refractivity contribution in [1.29, 1.82) is 0 Å². The third kappa shape index (κ3) is 3.82. The summed E-state index contributed by atoms with van der Waals surface area (Å²) in [7, 11) is 0. The number of carbonyl (C=O) groups is 2. The molecule has 1 aromatic carbocycles. The van der Waals surface area contributed by atoms with Crippen molar-refractivity contribution in [3.05, 3.63) is 60.1 Å². The van der Waals surface area contributed by atoms with Crippen molar-refractivity contribution >= 4 is 11.7 Å². The van der Waals surface area contributed by atoms with Crippen molar-refractivity contribution in [1.82, 2.24) is 5.32 Å². The topological polar surface area (TPSA) is 59.3 Å². The van der Waals surface area contributed by atoms with Gasteiger partial charge in [-0.15, -0.1) is 0 Å². The number of nitrogens with one attached hydrogen (secondary N) is 1. The number of rotatable bonds is 6. The molecule has 1 heterocycles. The molecule has 0 fully saturated rings. The molecule has 0 saturated carbocycles. The summed E-state index contributed by atoms with van der Waals surface area (Å²) in [4.78, 5) is 23.6. The molecular formula is C16H17NO3. The second-order valence-electron chi connectivity index (χ2n) is 4.59. The van der Waals surface area contributed by atoms with E-state index in [0.717, 1.165) is 0 Å². The normalized spacial score (nSPS) is 11.8. The summed E-state index contributed by atoms with van der Waals surface area (Å²) >= 11 is 0. The Labute approximate surface area is 117 Å². The molecule has 1 N–H and O–H groups in total. The van der Waals surface area contributed by atoms with E-state index in [1.165, 1.54) is 0 Å². The van der Waals surface area contributed by atoms with E-state index in [1.54, 1.807) is 30.5 Å². The van der Waals surface area contributed by atoms with Gasteiger partial charge in [0.05, 0.1) is 12.3 Å². The molecule has 0 radical (unpaired) electrons. The standard InChI is InChI=1S/C16H17NO3/c1-12(15-8-5-11-20-15)17-16(19)10-9-14(18)13-6-3-2-4-7-13/h2-8,11-12H,9-10H2,1H3,(H,17,19)/t12-/m1/s1. The van der Waals surface area contributed by atoms with E-state index < -0.39 is 0 Å². The van der Waals surface area contributed by atoms with Crippen LogP contribution in [0.3, 0.4) is 0 Å². The summed E-state index contributed by atoms with van der Waals surface area (Å²) in [6, 6.07) is 12.4. The predicted octanol–water partition coefficient (Wildman–Crippen LogP) is 3.12. The van der Waals surface area contributed by atoms with Crippen LogP contribution in [0.1, 0.15) is 41.9 Å². The summed E-state index contributed by atoms with van der Waals surface area (Å²) < 4.78 is 5.21. The summed E-state index contributed by atoms with van der Waals surface area (Å²) in [5, 5.41) is 2.80. The molecule has 0 saturated heterocycles. The minimum absolute atomic E-state index is 0.0219. The third-order valence-electron chi connectivity index (χ3n) is 3.02. The molecule has 0 spiro atoms. The lowest BCUT2D eigenvalue weighted by Crippen LogP contribution is -2.26. The maximum Gasteiger partial charge on any atom is 0.221 e. The first-order valence-corrected chi connectivity index (χ1v) is 6.58. The van der Waals surface area contributed by atoms with E-state index in [9.17, 15) is 9.59 Å². The van der Waals surface area contributed by atoms with Crippen molar-refractivity contribution < 1.29 is 14.0 Å². The minimum atomic E-state index is -0.190. The summed E-state index contributed by atoms with van der Waals surface area (Å²) in [6.07, 6.45) is 1.95. The van der Waals surface area contributed by atoms with Gasteiger partial charge in [-0.2, -0.15) is 0 Å². The first-order chi connectivity index (χ1) is 9.66. The molecule has 0 aliphatic rings. The maximum absolute atomic E-state index is 11.9. The number of furan rings is 1. The molecule has 0 bridgehead atoms. The molecule has 1 amide bonds. The highest BCUT2D eigenvalue weighted by Crippen LogP contribution is 2.12. The van der Waals surface area contributed by atoms with Crippen LogP contribution in [0.2, 0.25) is 0 Å². The van der Waals surface area contributed by atoms with Crippen LogP contribution in [-0.2, 0) is 4.79 Å². The van der Waals surface area contributed by atoms with Crippen LogP contribution in [0.15, 0.2) is 53.1 Å². The number of benzene rings is 1. The van der Waals surface area contributed by atoms with Gasteiger partial charge in [0, 0.05) is 18.4 Å². The van der Waals surface area contributed by atoms with Gasteiger partial charge in [0.2, 0.25) is 5.91 Å². The zero-order chi connectivity index (χ0) is 14.4. The Morgan fingerprint density at radius 2 is 1.85 bits per heavy atom. The molecule has 0 aliphatic heterocycles. The Balaban J connectivity index is 1.79. The molecular weight excluding hydrogens is 254 g/mol. The second kappa shape index (κ2) is 6.70. The first kappa shape index (κ1) is 14.1. The number of amides is 1. The molecule has 0 unspecified atom stereocenters. The van der Waals surface area contributed by atoms with Gasteiger partial charge in [0.25, 0.3) is 0 Å². The van der Waals surface area contributed by atoms with E-state index in [-0.39, 0.29) is 30.6 Å². The Hall–Kier alpha value is -2.36. The number of hydrogen-bond donors (Lipinski definition) is 1. The highest BCUT2D eigenvalue weighted by atomic mass is 16.3. The molecule has 2 aromatic rings. The summed E-state index contributed by atoms with van der Waals surface area (Å²) in [6.45, 7) is 1.84. The van der Waals surface area contributed by atoms with Crippen LogP contribution in [0.25, 0.3) is 0 Å². The van der Waals surface area contributed by atoms with E-state index in [0.29, 0.717) is 11.3 Å². The van der Waals surface area contributed by atoms with Crippen LogP contribution in [0, 0.1) is 0 Å². The van der Waals surface area contributed by atoms with Crippen LogP contribution in [-0.4, -0.2) is 11.7 Å².